The quantitative estimate of drug-likeness (QED) is 0.573. The van der Waals surface area contributed by atoms with Gasteiger partial charge in [-0.3, -0.25) is 4.90 Å². The number of rotatable bonds is 7. The SMILES string of the molecule is CCCCN(CO)CCCC. The van der Waals surface area contributed by atoms with E-state index in [2.05, 4.69) is 18.7 Å². The van der Waals surface area contributed by atoms with Crippen molar-refractivity contribution in [3.05, 3.63) is 0 Å². The molecule has 0 spiro atoms. The molecular formula is C9H21NO. The van der Waals surface area contributed by atoms with Gasteiger partial charge in [0.05, 0.1) is 6.73 Å². The second-order valence-electron chi connectivity index (χ2n) is 2.97. The van der Waals surface area contributed by atoms with Crippen molar-refractivity contribution in [1.29, 1.82) is 0 Å². The van der Waals surface area contributed by atoms with Gasteiger partial charge in [0.25, 0.3) is 0 Å². The van der Waals surface area contributed by atoms with Crippen molar-refractivity contribution in [3.8, 4) is 0 Å². The van der Waals surface area contributed by atoms with Gasteiger partial charge in [0.1, 0.15) is 0 Å². The molecule has 2 heteroatoms. The summed E-state index contributed by atoms with van der Waals surface area (Å²) < 4.78 is 0. The molecule has 0 aromatic rings. The second kappa shape index (κ2) is 8.02. The Kier molecular flexibility index (Phi) is 7.96. The zero-order valence-corrected chi connectivity index (χ0v) is 7.84. The van der Waals surface area contributed by atoms with Crippen LogP contribution in [-0.2, 0) is 0 Å². The fraction of sp³-hybridized carbons (Fsp3) is 1.00. The number of hydrogen-bond donors (Lipinski definition) is 1. The standard InChI is InChI=1S/C9H21NO/c1-3-5-7-10(9-11)8-6-4-2/h11H,3-9H2,1-2H3. The number of aliphatic hydroxyl groups excluding tert-OH is 1. The van der Waals surface area contributed by atoms with Gasteiger partial charge in [0, 0.05) is 13.1 Å². The van der Waals surface area contributed by atoms with Crippen LogP contribution in [0.3, 0.4) is 0 Å². The molecule has 0 saturated carbocycles. The van der Waals surface area contributed by atoms with Gasteiger partial charge < -0.3 is 5.11 Å². The Balaban J connectivity index is 3.25. The molecule has 0 bridgehead atoms. The minimum atomic E-state index is 0.222. The van der Waals surface area contributed by atoms with Crippen LogP contribution in [0.5, 0.6) is 0 Å². The highest BCUT2D eigenvalue weighted by atomic mass is 16.3. The van der Waals surface area contributed by atoms with Crippen molar-refractivity contribution in [1.82, 2.24) is 4.90 Å². The van der Waals surface area contributed by atoms with E-state index < -0.39 is 0 Å². The van der Waals surface area contributed by atoms with Crippen molar-refractivity contribution in [2.75, 3.05) is 19.8 Å². The lowest BCUT2D eigenvalue weighted by Gasteiger charge is -2.18. The average molecular weight is 159 g/mol. The molecule has 0 amide bonds. The van der Waals surface area contributed by atoms with Crippen molar-refractivity contribution < 1.29 is 5.11 Å². The molecule has 68 valence electrons. The Bertz CT molecular complexity index is 68.0. The van der Waals surface area contributed by atoms with E-state index in [9.17, 15) is 0 Å². The third kappa shape index (κ3) is 6.32. The zero-order chi connectivity index (χ0) is 8.53. The van der Waals surface area contributed by atoms with Crippen LogP contribution >= 0.6 is 0 Å². The third-order valence-corrected chi connectivity index (χ3v) is 1.86. The molecule has 11 heavy (non-hydrogen) atoms. The summed E-state index contributed by atoms with van der Waals surface area (Å²) in [5, 5.41) is 8.91. The van der Waals surface area contributed by atoms with Crippen LogP contribution in [0.25, 0.3) is 0 Å². The van der Waals surface area contributed by atoms with E-state index in [4.69, 9.17) is 5.11 Å². The van der Waals surface area contributed by atoms with Gasteiger partial charge in [-0.15, -0.1) is 0 Å². The molecule has 0 saturated heterocycles. The number of nitrogens with zero attached hydrogens (tertiary/aromatic N) is 1. The molecule has 0 unspecified atom stereocenters. The summed E-state index contributed by atoms with van der Waals surface area (Å²) in [7, 11) is 0. The van der Waals surface area contributed by atoms with Crippen LogP contribution in [0.15, 0.2) is 0 Å². The van der Waals surface area contributed by atoms with Crippen molar-refractivity contribution in [2.24, 2.45) is 0 Å². The lowest BCUT2D eigenvalue weighted by molar-refractivity contribution is 0.104. The molecule has 2 nitrogen and oxygen atoms in total. The molecule has 0 aromatic heterocycles. The van der Waals surface area contributed by atoms with Gasteiger partial charge in [-0.05, 0) is 12.8 Å². The van der Waals surface area contributed by atoms with Crippen molar-refractivity contribution in [3.63, 3.8) is 0 Å². The summed E-state index contributed by atoms with van der Waals surface area (Å²) >= 11 is 0. The molecule has 1 N–H and O–H groups in total. The largest absolute Gasteiger partial charge is 0.381 e. The number of hydrogen-bond acceptors (Lipinski definition) is 2. The van der Waals surface area contributed by atoms with Crippen molar-refractivity contribution >= 4 is 0 Å². The molecule has 0 aliphatic carbocycles. The van der Waals surface area contributed by atoms with Gasteiger partial charge in [-0.1, -0.05) is 26.7 Å². The van der Waals surface area contributed by atoms with Crippen LogP contribution in [0.4, 0.5) is 0 Å². The van der Waals surface area contributed by atoms with Crippen LogP contribution in [0.2, 0.25) is 0 Å². The summed E-state index contributed by atoms with van der Waals surface area (Å²) in [6, 6.07) is 0. The van der Waals surface area contributed by atoms with Crippen LogP contribution in [0, 0.1) is 0 Å². The minimum absolute atomic E-state index is 0.222. The fourth-order valence-electron chi connectivity index (χ4n) is 1.02. The first kappa shape index (κ1) is 10.9. The summed E-state index contributed by atoms with van der Waals surface area (Å²) in [6.45, 7) is 6.67. The average Bonchev–Trinajstić information content (AvgIpc) is 2.05. The minimum Gasteiger partial charge on any atom is -0.381 e. The fourth-order valence-corrected chi connectivity index (χ4v) is 1.02. The Morgan fingerprint density at radius 2 is 1.45 bits per heavy atom. The van der Waals surface area contributed by atoms with E-state index in [1.54, 1.807) is 0 Å². The first-order valence-electron chi connectivity index (χ1n) is 4.68. The van der Waals surface area contributed by atoms with E-state index in [0.717, 1.165) is 13.1 Å². The first-order valence-corrected chi connectivity index (χ1v) is 4.68. The maximum absolute atomic E-state index is 8.91. The first-order chi connectivity index (χ1) is 5.35. The maximum atomic E-state index is 8.91. The highest BCUT2D eigenvalue weighted by Crippen LogP contribution is 1.96. The highest BCUT2D eigenvalue weighted by Gasteiger charge is 1.99. The molecular weight excluding hydrogens is 138 g/mol. The number of aliphatic hydroxyl groups is 1. The predicted molar refractivity (Wildman–Crippen MR) is 48.5 cm³/mol. The molecule has 0 heterocycles. The Labute approximate surface area is 70.2 Å². The van der Waals surface area contributed by atoms with E-state index in [-0.39, 0.29) is 6.73 Å². The Morgan fingerprint density at radius 1 is 1.00 bits per heavy atom. The van der Waals surface area contributed by atoms with Gasteiger partial charge in [0.2, 0.25) is 0 Å². The summed E-state index contributed by atoms with van der Waals surface area (Å²) in [5.74, 6) is 0. The molecule has 0 aliphatic heterocycles. The molecule has 0 atom stereocenters. The van der Waals surface area contributed by atoms with Crippen molar-refractivity contribution in [2.45, 2.75) is 39.5 Å². The van der Waals surface area contributed by atoms with Crippen LogP contribution in [-0.4, -0.2) is 29.8 Å². The van der Waals surface area contributed by atoms with Gasteiger partial charge in [0.15, 0.2) is 0 Å². The predicted octanol–water partition coefficient (Wildman–Crippen LogP) is 1.84. The number of unbranched alkanes of at least 4 members (excludes halogenated alkanes) is 2. The lowest BCUT2D eigenvalue weighted by Crippen LogP contribution is -2.26. The highest BCUT2D eigenvalue weighted by molar-refractivity contribution is 4.51. The molecule has 0 aliphatic rings. The summed E-state index contributed by atoms with van der Waals surface area (Å²) in [5.41, 5.74) is 0. The topological polar surface area (TPSA) is 23.5 Å². The van der Waals surface area contributed by atoms with Crippen LogP contribution in [0.1, 0.15) is 39.5 Å². The van der Waals surface area contributed by atoms with E-state index in [0.29, 0.717) is 0 Å². The maximum Gasteiger partial charge on any atom is 0.0956 e. The van der Waals surface area contributed by atoms with Gasteiger partial charge >= 0.3 is 0 Å². The van der Waals surface area contributed by atoms with Crippen LogP contribution < -0.4 is 0 Å². The Morgan fingerprint density at radius 3 is 1.73 bits per heavy atom. The molecule has 0 radical (unpaired) electrons. The molecule has 0 fully saturated rings. The Hall–Kier alpha value is -0.0800. The monoisotopic (exact) mass is 159 g/mol. The van der Waals surface area contributed by atoms with E-state index in [1.165, 1.54) is 25.7 Å². The van der Waals surface area contributed by atoms with Gasteiger partial charge in [-0.2, -0.15) is 0 Å². The normalized spacial score (nSPS) is 10.9. The smallest absolute Gasteiger partial charge is 0.0956 e. The van der Waals surface area contributed by atoms with E-state index >= 15 is 0 Å². The second-order valence-corrected chi connectivity index (χ2v) is 2.97. The van der Waals surface area contributed by atoms with Gasteiger partial charge in [-0.25, -0.2) is 0 Å². The summed E-state index contributed by atoms with van der Waals surface area (Å²) in [6.07, 6.45) is 4.82. The lowest BCUT2D eigenvalue weighted by atomic mass is 10.3. The molecule has 0 aromatic carbocycles. The summed E-state index contributed by atoms with van der Waals surface area (Å²) in [4.78, 5) is 2.10. The van der Waals surface area contributed by atoms with E-state index in [1.807, 2.05) is 0 Å². The zero-order valence-electron chi connectivity index (χ0n) is 7.84. The third-order valence-electron chi connectivity index (χ3n) is 1.86. The molecule has 0 rings (SSSR count).